The Morgan fingerprint density at radius 1 is 0.968 bits per heavy atom. The number of carbonyl (C=O) groups is 2. The molecule has 0 bridgehead atoms. The summed E-state index contributed by atoms with van der Waals surface area (Å²) in [5, 5.41) is 20.7. The van der Waals surface area contributed by atoms with Crippen molar-refractivity contribution in [1.82, 2.24) is 0 Å². The smallest absolute Gasteiger partial charge is 0.330 e. The number of methoxy groups -OCH3 is 4. The van der Waals surface area contributed by atoms with Crippen LogP contribution in [-0.4, -0.2) is 50.6 Å². The molecule has 0 aromatic heterocycles. The lowest BCUT2D eigenvalue weighted by atomic mass is 9.89. The third-order valence-electron chi connectivity index (χ3n) is 4.90. The van der Waals surface area contributed by atoms with Gasteiger partial charge in [-0.25, -0.2) is 4.79 Å². The Balaban J connectivity index is 2.11. The molecule has 2 N–H and O–H groups in total. The second kappa shape index (κ2) is 8.86. The normalized spacial score (nSPS) is 17.0. The zero-order valence-electron chi connectivity index (χ0n) is 17.4. The molecule has 0 fully saturated rings. The highest BCUT2D eigenvalue weighted by atomic mass is 16.5. The van der Waals surface area contributed by atoms with Crippen molar-refractivity contribution < 1.29 is 43.5 Å². The Bertz CT molecular complexity index is 1020. The molecule has 31 heavy (non-hydrogen) atoms. The predicted molar refractivity (Wildman–Crippen MR) is 108 cm³/mol. The Kier molecular flexibility index (Phi) is 6.24. The molecule has 0 saturated heterocycles. The van der Waals surface area contributed by atoms with Crippen LogP contribution < -0.4 is 14.2 Å². The number of ether oxygens (including phenoxy) is 5. The van der Waals surface area contributed by atoms with E-state index in [0.717, 1.165) is 0 Å². The van der Waals surface area contributed by atoms with Gasteiger partial charge in [0.25, 0.3) is 0 Å². The van der Waals surface area contributed by atoms with E-state index >= 15 is 0 Å². The fourth-order valence-electron chi connectivity index (χ4n) is 3.42. The zero-order chi connectivity index (χ0) is 22.7. The van der Waals surface area contributed by atoms with Crippen molar-refractivity contribution in [2.24, 2.45) is 0 Å². The highest BCUT2D eigenvalue weighted by molar-refractivity contribution is 5.88. The zero-order valence-corrected chi connectivity index (χ0v) is 17.4. The maximum atomic E-state index is 12.7. The summed E-state index contributed by atoms with van der Waals surface area (Å²) in [5.74, 6) is -2.14. The predicted octanol–water partition coefficient (Wildman–Crippen LogP) is 2.69. The van der Waals surface area contributed by atoms with Gasteiger partial charge in [-0.3, -0.25) is 4.79 Å². The maximum absolute atomic E-state index is 12.7. The number of phenolic OH excluding ortho intramolecular Hbond substituents is 2. The van der Waals surface area contributed by atoms with E-state index in [9.17, 15) is 19.8 Å². The van der Waals surface area contributed by atoms with E-state index in [1.807, 2.05) is 0 Å². The van der Waals surface area contributed by atoms with Crippen LogP contribution in [0.1, 0.15) is 28.7 Å². The third-order valence-corrected chi connectivity index (χ3v) is 4.90. The molecular formula is C22H22O9. The van der Waals surface area contributed by atoms with Gasteiger partial charge in [0.15, 0.2) is 23.0 Å². The number of carbonyl (C=O) groups excluding carboxylic acids is 2. The Labute approximate surface area is 178 Å². The molecule has 164 valence electrons. The number of hydrogen-bond donors (Lipinski definition) is 2. The van der Waals surface area contributed by atoms with E-state index in [2.05, 4.69) is 4.74 Å². The van der Waals surface area contributed by atoms with Gasteiger partial charge in [0.1, 0.15) is 12.0 Å². The van der Waals surface area contributed by atoms with Crippen molar-refractivity contribution in [3.8, 4) is 28.7 Å². The van der Waals surface area contributed by atoms with Crippen molar-refractivity contribution in [2.75, 3.05) is 28.4 Å². The topological polar surface area (TPSA) is 121 Å². The summed E-state index contributed by atoms with van der Waals surface area (Å²) in [7, 11) is 5.26. The van der Waals surface area contributed by atoms with E-state index < -0.39 is 24.0 Å². The third kappa shape index (κ3) is 4.07. The highest BCUT2D eigenvalue weighted by Crippen LogP contribution is 2.52. The SMILES string of the molecule is COC(=O)/C=C/c1cc(O)c2c(c1)C(C(=O)OC)C(c1cc(OC)c(O)c(OC)c1)O2. The quantitative estimate of drug-likeness (QED) is 0.526. The van der Waals surface area contributed by atoms with Crippen LogP contribution >= 0.6 is 0 Å². The van der Waals surface area contributed by atoms with E-state index in [-0.39, 0.29) is 28.7 Å². The van der Waals surface area contributed by atoms with Crippen molar-refractivity contribution >= 4 is 18.0 Å². The summed E-state index contributed by atoms with van der Waals surface area (Å²) < 4.78 is 25.9. The van der Waals surface area contributed by atoms with Crippen LogP contribution in [0.15, 0.2) is 30.3 Å². The molecular weight excluding hydrogens is 408 g/mol. The van der Waals surface area contributed by atoms with E-state index in [0.29, 0.717) is 16.7 Å². The average molecular weight is 430 g/mol. The van der Waals surface area contributed by atoms with Crippen LogP contribution in [-0.2, 0) is 19.1 Å². The van der Waals surface area contributed by atoms with Gasteiger partial charge in [-0.2, -0.15) is 0 Å². The van der Waals surface area contributed by atoms with Crippen LogP contribution in [0.25, 0.3) is 6.08 Å². The van der Waals surface area contributed by atoms with Crippen molar-refractivity contribution in [1.29, 1.82) is 0 Å². The summed E-state index contributed by atoms with van der Waals surface area (Å²) >= 11 is 0. The average Bonchev–Trinajstić information content (AvgIpc) is 3.17. The Hall–Kier alpha value is -3.88. The van der Waals surface area contributed by atoms with Gasteiger partial charge < -0.3 is 33.9 Å². The minimum Gasteiger partial charge on any atom is -0.504 e. The van der Waals surface area contributed by atoms with Gasteiger partial charge in [-0.1, -0.05) is 0 Å². The molecule has 1 aliphatic heterocycles. The van der Waals surface area contributed by atoms with Crippen LogP contribution in [0.5, 0.6) is 28.7 Å². The van der Waals surface area contributed by atoms with Crippen LogP contribution in [0.4, 0.5) is 0 Å². The van der Waals surface area contributed by atoms with Gasteiger partial charge in [-0.05, 0) is 35.9 Å². The number of esters is 2. The first-order chi connectivity index (χ1) is 14.8. The second-order valence-corrected chi connectivity index (χ2v) is 6.63. The van der Waals surface area contributed by atoms with Gasteiger partial charge in [-0.15, -0.1) is 0 Å². The van der Waals surface area contributed by atoms with Crippen LogP contribution in [0, 0.1) is 0 Å². The highest BCUT2D eigenvalue weighted by Gasteiger charge is 2.43. The molecule has 0 spiro atoms. The Morgan fingerprint density at radius 3 is 2.16 bits per heavy atom. The largest absolute Gasteiger partial charge is 0.504 e. The summed E-state index contributed by atoms with van der Waals surface area (Å²) in [5.41, 5.74) is 1.30. The minimum atomic E-state index is -0.934. The molecule has 2 aromatic carbocycles. The lowest BCUT2D eigenvalue weighted by molar-refractivity contribution is -0.144. The number of benzene rings is 2. The maximum Gasteiger partial charge on any atom is 0.330 e. The number of aromatic hydroxyl groups is 2. The molecule has 2 atom stereocenters. The molecule has 1 heterocycles. The van der Waals surface area contributed by atoms with Crippen LogP contribution in [0.2, 0.25) is 0 Å². The van der Waals surface area contributed by atoms with E-state index in [1.54, 1.807) is 6.07 Å². The van der Waals surface area contributed by atoms with Gasteiger partial charge in [0.2, 0.25) is 5.75 Å². The first kappa shape index (κ1) is 21.8. The lowest BCUT2D eigenvalue weighted by Crippen LogP contribution is -2.20. The Morgan fingerprint density at radius 2 is 1.61 bits per heavy atom. The molecule has 2 unspecified atom stereocenters. The van der Waals surface area contributed by atoms with E-state index in [4.69, 9.17) is 18.9 Å². The molecule has 2 aromatic rings. The molecule has 0 saturated carbocycles. The second-order valence-electron chi connectivity index (χ2n) is 6.63. The van der Waals surface area contributed by atoms with Crippen LogP contribution in [0.3, 0.4) is 0 Å². The van der Waals surface area contributed by atoms with Gasteiger partial charge >= 0.3 is 11.9 Å². The number of rotatable bonds is 6. The standard InChI is InChI=1S/C22H22O9/c1-27-15-9-12(10-16(28-2)19(15)25)20-18(22(26)30-4)13-7-11(5-6-17(24)29-3)8-14(23)21(13)31-20/h5-10,18,20,23,25H,1-4H3/b6-5+. The molecule has 9 nitrogen and oxygen atoms in total. The summed E-state index contributed by atoms with van der Waals surface area (Å²) in [6.07, 6.45) is 1.74. The first-order valence-corrected chi connectivity index (χ1v) is 9.16. The van der Waals surface area contributed by atoms with Gasteiger partial charge in [0.05, 0.1) is 28.4 Å². The summed E-state index contributed by atoms with van der Waals surface area (Å²) in [4.78, 5) is 24.1. The molecule has 1 aliphatic rings. The van der Waals surface area contributed by atoms with Crippen molar-refractivity contribution in [2.45, 2.75) is 12.0 Å². The number of phenols is 2. The molecule has 0 aliphatic carbocycles. The molecule has 0 radical (unpaired) electrons. The summed E-state index contributed by atoms with van der Waals surface area (Å²) in [6, 6.07) is 6.04. The van der Waals surface area contributed by atoms with Crippen molar-refractivity contribution in [3.05, 3.63) is 47.0 Å². The fraction of sp³-hybridized carbons (Fsp3) is 0.273. The van der Waals surface area contributed by atoms with E-state index in [1.165, 1.54) is 58.8 Å². The number of fused-ring (bicyclic) bond motifs is 1. The van der Waals surface area contributed by atoms with Gasteiger partial charge in [0, 0.05) is 17.2 Å². The first-order valence-electron chi connectivity index (χ1n) is 9.16. The molecule has 9 heteroatoms. The summed E-state index contributed by atoms with van der Waals surface area (Å²) in [6.45, 7) is 0. The van der Waals surface area contributed by atoms with Crippen molar-refractivity contribution in [3.63, 3.8) is 0 Å². The fourth-order valence-corrected chi connectivity index (χ4v) is 3.42. The monoisotopic (exact) mass is 430 g/mol. The lowest BCUT2D eigenvalue weighted by Gasteiger charge is -2.19. The molecule has 3 rings (SSSR count). The number of hydrogen-bond acceptors (Lipinski definition) is 9. The molecule has 0 amide bonds. The minimum absolute atomic E-state index is 0.113.